The van der Waals surface area contributed by atoms with Gasteiger partial charge in [-0.25, -0.2) is 0 Å². The molecule has 0 aliphatic carbocycles. The first-order valence-electron chi connectivity index (χ1n) is 7.22. The van der Waals surface area contributed by atoms with Crippen molar-refractivity contribution in [3.05, 3.63) is 0 Å². The second kappa shape index (κ2) is 10.7. The van der Waals surface area contributed by atoms with E-state index >= 15 is 0 Å². The Balaban J connectivity index is 0.00000324. The average Bonchev–Trinajstić information content (AvgIpc) is 2.34. The van der Waals surface area contributed by atoms with E-state index in [1.807, 2.05) is 0 Å². The second-order valence-corrected chi connectivity index (χ2v) is 5.73. The summed E-state index contributed by atoms with van der Waals surface area (Å²) < 4.78 is 5.51. The standard InChI is InChI=1S/C14H29N3O.HI/c1-12(2)11-18-10-4-7-16-14(15)17-8-5-13(3)6-9-17;/h12-13H,4-11H2,1-3H3,(H2,15,16);1H. The molecule has 0 unspecified atom stereocenters. The number of nitrogens with two attached hydrogens (primary N) is 1. The normalized spacial score (nSPS) is 17.7. The molecule has 1 saturated heterocycles. The molecule has 19 heavy (non-hydrogen) atoms. The molecule has 4 nitrogen and oxygen atoms in total. The van der Waals surface area contributed by atoms with Crippen molar-refractivity contribution in [1.82, 2.24) is 4.90 Å². The lowest BCUT2D eigenvalue weighted by Gasteiger charge is -2.31. The SMILES string of the molecule is CC(C)COCCCN=C(N)N1CCC(C)CC1.I. The Hall–Kier alpha value is -0.0400. The van der Waals surface area contributed by atoms with Crippen molar-refractivity contribution in [1.29, 1.82) is 0 Å². The van der Waals surface area contributed by atoms with Crippen molar-refractivity contribution in [2.75, 3.05) is 32.8 Å². The smallest absolute Gasteiger partial charge is 0.191 e. The molecule has 0 atom stereocenters. The van der Waals surface area contributed by atoms with Gasteiger partial charge in [0, 0.05) is 32.8 Å². The molecule has 0 radical (unpaired) electrons. The number of nitrogens with zero attached hydrogens (tertiary/aromatic N) is 2. The van der Waals surface area contributed by atoms with Gasteiger partial charge in [0.2, 0.25) is 0 Å². The van der Waals surface area contributed by atoms with Gasteiger partial charge in [0.25, 0.3) is 0 Å². The van der Waals surface area contributed by atoms with Crippen molar-refractivity contribution in [3.63, 3.8) is 0 Å². The van der Waals surface area contributed by atoms with Gasteiger partial charge in [0.1, 0.15) is 0 Å². The van der Waals surface area contributed by atoms with E-state index in [9.17, 15) is 0 Å². The fourth-order valence-corrected chi connectivity index (χ4v) is 2.02. The molecule has 0 aromatic carbocycles. The van der Waals surface area contributed by atoms with Crippen LogP contribution in [-0.4, -0.2) is 43.7 Å². The van der Waals surface area contributed by atoms with Gasteiger partial charge in [-0.1, -0.05) is 20.8 Å². The average molecular weight is 383 g/mol. The highest BCUT2D eigenvalue weighted by Gasteiger charge is 2.16. The van der Waals surface area contributed by atoms with Crippen molar-refractivity contribution >= 4 is 29.9 Å². The quantitative estimate of drug-likeness (QED) is 0.332. The van der Waals surface area contributed by atoms with E-state index in [0.29, 0.717) is 11.9 Å². The first-order chi connectivity index (χ1) is 8.59. The molecular formula is C14H30IN3O. The maximum Gasteiger partial charge on any atom is 0.191 e. The Morgan fingerprint density at radius 3 is 2.58 bits per heavy atom. The van der Waals surface area contributed by atoms with E-state index in [1.54, 1.807) is 0 Å². The maximum absolute atomic E-state index is 5.99. The lowest BCUT2D eigenvalue weighted by Crippen LogP contribution is -2.42. The topological polar surface area (TPSA) is 50.9 Å². The van der Waals surface area contributed by atoms with Crippen molar-refractivity contribution < 1.29 is 4.74 Å². The number of ether oxygens (including phenoxy) is 1. The van der Waals surface area contributed by atoms with Gasteiger partial charge < -0.3 is 15.4 Å². The number of piperidine rings is 1. The third kappa shape index (κ3) is 8.68. The van der Waals surface area contributed by atoms with E-state index < -0.39 is 0 Å². The van der Waals surface area contributed by atoms with Crippen LogP contribution in [-0.2, 0) is 4.74 Å². The number of likely N-dealkylation sites (tertiary alicyclic amines) is 1. The molecule has 0 bridgehead atoms. The van der Waals surface area contributed by atoms with Gasteiger partial charge >= 0.3 is 0 Å². The molecule has 0 spiro atoms. The molecule has 1 aliphatic heterocycles. The molecular weight excluding hydrogens is 353 g/mol. The molecule has 1 heterocycles. The molecule has 5 heteroatoms. The highest BCUT2D eigenvalue weighted by atomic mass is 127. The third-order valence-corrected chi connectivity index (χ3v) is 3.28. The monoisotopic (exact) mass is 383 g/mol. The lowest BCUT2D eigenvalue weighted by molar-refractivity contribution is 0.109. The summed E-state index contributed by atoms with van der Waals surface area (Å²) in [5, 5.41) is 0. The van der Waals surface area contributed by atoms with E-state index in [1.165, 1.54) is 12.8 Å². The van der Waals surface area contributed by atoms with Crippen LogP contribution in [0.25, 0.3) is 0 Å². The largest absolute Gasteiger partial charge is 0.381 e. The van der Waals surface area contributed by atoms with Gasteiger partial charge in [-0.2, -0.15) is 0 Å². The highest BCUT2D eigenvalue weighted by Crippen LogP contribution is 2.15. The molecule has 1 fully saturated rings. The minimum absolute atomic E-state index is 0. The first-order valence-corrected chi connectivity index (χ1v) is 7.22. The van der Waals surface area contributed by atoms with Crippen LogP contribution < -0.4 is 5.73 Å². The number of guanidine groups is 1. The van der Waals surface area contributed by atoms with Gasteiger partial charge in [-0.3, -0.25) is 4.99 Å². The van der Waals surface area contributed by atoms with Crippen LogP contribution in [0, 0.1) is 11.8 Å². The summed E-state index contributed by atoms with van der Waals surface area (Å²) in [5.41, 5.74) is 5.99. The minimum atomic E-state index is 0. The Bertz CT molecular complexity index is 251. The van der Waals surface area contributed by atoms with E-state index in [4.69, 9.17) is 10.5 Å². The predicted molar refractivity (Wildman–Crippen MR) is 92.1 cm³/mol. The molecule has 0 aromatic rings. The van der Waals surface area contributed by atoms with Crippen LogP contribution in [0.5, 0.6) is 0 Å². The lowest BCUT2D eigenvalue weighted by atomic mass is 10.00. The number of hydrogen-bond donors (Lipinski definition) is 1. The molecule has 1 aliphatic rings. The number of aliphatic imine (C=N–C) groups is 1. The Morgan fingerprint density at radius 2 is 2.00 bits per heavy atom. The Labute approximate surface area is 135 Å². The first kappa shape index (κ1) is 19.0. The zero-order valence-corrected chi connectivity index (χ0v) is 14.9. The van der Waals surface area contributed by atoms with E-state index in [0.717, 1.165) is 45.2 Å². The molecule has 0 saturated carbocycles. The van der Waals surface area contributed by atoms with Crippen LogP contribution in [0.15, 0.2) is 4.99 Å². The van der Waals surface area contributed by atoms with Crippen molar-refractivity contribution in [2.24, 2.45) is 22.6 Å². The fourth-order valence-electron chi connectivity index (χ4n) is 2.02. The van der Waals surface area contributed by atoms with Gasteiger partial charge in [-0.15, -0.1) is 24.0 Å². The van der Waals surface area contributed by atoms with Gasteiger partial charge in [-0.05, 0) is 31.1 Å². The van der Waals surface area contributed by atoms with Gasteiger partial charge in [0.05, 0.1) is 0 Å². The predicted octanol–water partition coefficient (Wildman–Crippen LogP) is 2.71. The molecule has 1 rings (SSSR count). The van der Waals surface area contributed by atoms with Crippen LogP contribution in [0.3, 0.4) is 0 Å². The summed E-state index contributed by atoms with van der Waals surface area (Å²) in [4.78, 5) is 6.63. The zero-order chi connectivity index (χ0) is 13.4. The van der Waals surface area contributed by atoms with Crippen LogP contribution >= 0.6 is 24.0 Å². The molecule has 0 amide bonds. The summed E-state index contributed by atoms with van der Waals surface area (Å²) in [6.45, 7) is 11.1. The number of rotatable bonds is 6. The number of hydrogen-bond acceptors (Lipinski definition) is 2. The summed E-state index contributed by atoms with van der Waals surface area (Å²) in [6.07, 6.45) is 3.42. The van der Waals surface area contributed by atoms with Gasteiger partial charge in [0.15, 0.2) is 5.96 Å². The highest BCUT2D eigenvalue weighted by molar-refractivity contribution is 14.0. The van der Waals surface area contributed by atoms with Crippen LogP contribution in [0.2, 0.25) is 0 Å². The van der Waals surface area contributed by atoms with Crippen molar-refractivity contribution in [3.8, 4) is 0 Å². The Morgan fingerprint density at radius 1 is 1.37 bits per heavy atom. The second-order valence-electron chi connectivity index (χ2n) is 5.73. The maximum atomic E-state index is 5.99. The fraction of sp³-hybridized carbons (Fsp3) is 0.929. The van der Waals surface area contributed by atoms with Crippen molar-refractivity contribution in [2.45, 2.75) is 40.0 Å². The van der Waals surface area contributed by atoms with Crippen LogP contribution in [0.4, 0.5) is 0 Å². The molecule has 114 valence electrons. The summed E-state index contributed by atoms with van der Waals surface area (Å²) in [6, 6.07) is 0. The van der Waals surface area contributed by atoms with E-state index in [-0.39, 0.29) is 24.0 Å². The summed E-state index contributed by atoms with van der Waals surface area (Å²) >= 11 is 0. The summed E-state index contributed by atoms with van der Waals surface area (Å²) in [7, 11) is 0. The Kier molecular flexibility index (Phi) is 10.7. The van der Waals surface area contributed by atoms with Crippen LogP contribution in [0.1, 0.15) is 40.0 Å². The summed E-state index contributed by atoms with van der Waals surface area (Å²) in [5.74, 6) is 2.15. The third-order valence-electron chi connectivity index (χ3n) is 3.28. The van der Waals surface area contributed by atoms with E-state index in [2.05, 4.69) is 30.7 Å². The minimum Gasteiger partial charge on any atom is -0.381 e. The zero-order valence-electron chi connectivity index (χ0n) is 12.6. The molecule has 2 N–H and O–H groups in total. The number of halogens is 1. The molecule has 0 aromatic heterocycles.